The van der Waals surface area contributed by atoms with E-state index >= 15 is 0 Å². The van der Waals surface area contributed by atoms with Crippen LogP contribution in [0.1, 0.15) is 11.2 Å². The van der Waals surface area contributed by atoms with Gasteiger partial charge in [-0.2, -0.15) is 0 Å². The zero-order valence-electron chi connectivity index (χ0n) is 7.06. The zero-order chi connectivity index (χ0) is 3.58. The van der Waals surface area contributed by atoms with Crippen molar-refractivity contribution in [2.45, 2.75) is 6.92 Å². The Kier molecular flexibility index (Phi) is 24.9. The van der Waals surface area contributed by atoms with Gasteiger partial charge in [0.2, 0.25) is 0 Å². The minimum atomic E-state index is -0.833. The molecule has 0 atom stereocenters. The van der Waals surface area contributed by atoms with Crippen LogP contribution in [0.4, 0.5) is 0 Å². The predicted molar refractivity (Wildman–Crippen MR) is 22.4 cm³/mol. The van der Waals surface area contributed by atoms with Crippen LogP contribution >= 0.6 is 0 Å². The number of hydrogen-bond donors (Lipinski definition) is 1. The number of carboxylic acid groups (broad SMARTS) is 1. The van der Waals surface area contributed by atoms with E-state index in [0.29, 0.717) is 0 Å². The fraction of sp³-hybridized carbons (Fsp3) is 0.500. The van der Waals surface area contributed by atoms with Gasteiger partial charge in [-0.1, -0.05) is 0 Å². The van der Waals surface area contributed by atoms with Crippen LogP contribution in [0.2, 0.25) is 0 Å². The molecule has 0 radical (unpaired) electrons. The largest absolute Gasteiger partial charge is 2.00 e. The molecule has 1 N–H and O–H groups in total. The molecule has 0 aromatic rings. The molecule has 0 aromatic carbocycles. The molecule has 0 aliphatic carbocycles. The standard InChI is InChI=1S/C2H4O2.Mg.Na.3H/c1-2(3)4;;;;;/h1H3,(H,3,4);;;;;/q;+2;+1;3*-1. The molecule has 0 rings (SSSR count). The Labute approximate surface area is 79.2 Å². The number of hydrogen-bond acceptors (Lipinski definition) is 1. The van der Waals surface area contributed by atoms with Crippen LogP contribution in [0.25, 0.3) is 0 Å². The van der Waals surface area contributed by atoms with Crippen molar-refractivity contribution >= 4 is 29.0 Å². The second-order valence-corrected chi connectivity index (χ2v) is 0.519. The minimum absolute atomic E-state index is 0. The Morgan fingerprint density at radius 2 is 1.83 bits per heavy atom. The van der Waals surface area contributed by atoms with Gasteiger partial charge in [0.1, 0.15) is 0 Å². The van der Waals surface area contributed by atoms with E-state index in [1.165, 1.54) is 0 Å². The molecular formula is C2H7MgNaO2. The second-order valence-electron chi connectivity index (χ2n) is 0.519. The van der Waals surface area contributed by atoms with E-state index in [2.05, 4.69) is 0 Å². The first-order chi connectivity index (χ1) is 1.73. The number of rotatable bonds is 0. The van der Waals surface area contributed by atoms with Crippen LogP contribution in [0.3, 0.4) is 0 Å². The fourth-order valence-corrected chi connectivity index (χ4v) is 0. The summed E-state index contributed by atoms with van der Waals surface area (Å²) in [5, 5.41) is 7.42. The van der Waals surface area contributed by atoms with Gasteiger partial charge in [-0.05, 0) is 0 Å². The van der Waals surface area contributed by atoms with Gasteiger partial charge in [-0.25, -0.2) is 0 Å². The molecule has 30 valence electrons. The first kappa shape index (κ1) is 15.7. The van der Waals surface area contributed by atoms with E-state index in [9.17, 15) is 0 Å². The van der Waals surface area contributed by atoms with Crippen molar-refractivity contribution in [1.29, 1.82) is 0 Å². The summed E-state index contributed by atoms with van der Waals surface area (Å²) in [4.78, 5) is 9.00. The first-order valence-corrected chi connectivity index (χ1v) is 0.928. The van der Waals surface area contributed by atoms with Gasteiger partial charge in [-0.15, -0.1) is 0 Å². The van der Waals surface area contributed by atoms with Gasteiger partial charge in [0.25, 0.3) is 5.97 Å². The van der Waals surface area contributed by atoms with Crippen LogP contribution in [-0.2, 0) is 4.79 Å². The topological polar surface area (TPSA) is 37.3 Å². The van der Waals surface area contributed by atoms with Crippen LogP contribution in [0.5, 0.6) is 0 Å². The van der Waals surface area contributed by atoms with Crippen molar-refractivity contribution < 1.29 is 43.7 Å². The van der Waals surface area contributed by atoms with E-state index < -0.39 is 5.97 Å². The Morgan fingerprint density at radius 3 is 1.83 bits per heavy atom. The number of carbonyl (C=O) groups is 1. The maximum atomic E-state index is 9.00. The molecule has 0 aliphatic rings. The van der Waals surface area contributed by atoms with Crippen molar-refractivity contribution in [3.63, 3.8) is 0 Å². The van der Waals surface area contributed by atoms with Crippen molar-refractivity contribution in [3.8, 4) is 0 Å². The fourth-order valence-electron chi connectivity index (χ4n) is 0. The number of carboxylic acids is 1. The summed E-state index contributed by atoms with van der Waals surface area (Å²) in [5.41, 5.74) is 0. The van der Waals surface area contributed by atoms with E-state index in [1.54, 1.807) is 0 Å². The minimum Gasteiger partial charge on any atom is -1.00 e. The molecule has 6 heavy (non-hydrogen) atoms. The van der Waals surface area contributed by atoms with E-state index in [1.807, 2.05) is 0 Å². The quantitative estimate of drug-likeness (QED) is 0.339. The molecule has 0 spiro atoms. The first-order valence-electron chi connectivity index (χ1n) is 0.928. The molecule has 0 bridgehead atoms. The maximum Gasteiger partial charge on any atom is 2.00 e. The normalized spacial score (nSPS) is 4.17. The molecular weight excluding hydrogens is 103 g/mol. The second kappa shape index (κ2) is 9.53. The molecule has 4 heteroatoms. The van der Waals surface area contributed by atoms with Gasteiger partial charge in [0, 0.05) is 6.92 Å². The van der Waals surface area contributed by atoms with Crippen molar-refractivity contribution in [2.24, 2.45) is 0 Å². The average molecular weight is 110 g/mol. The Bertz CT molecular complexity index is 42.8. The van der Waals surface area contributed by atoms with E-state index in [4.69, 9.17) is 9.90 Å². The zero-order valence-corrected chi connectivity index (χ0v) is 7.48. The van der Waals surface area contributed by atoms with Gasteiger partial charge in [0.15, 0.2) is 0 Å². The molecule has 0 heterocycles. The summed E-state index contributed by atoms with van der Waals surface area (Å²) in [6.45, 7) is 1.08. The van der Waals surface area contributed by atoms with Crippen LogP contribution in [0, 0.1) is 0 Å². The molecule has 0 amide bonds. The number of aliphatic carboxylic acids is 1. The molecule has 2 nitrogen and oxygen atoms in total. The van der Waals surface area contributed by atoms with Crippen molar-refractivity contribution in [1.82, 2.24) is 0 Å². The summed E-state index contributed by atoms with van der Waals surface area (Å²) in [6.07, 6.45) is 0. The van der Waals surface area contributed by atoms with Gasteiger partial charge in [-0.3, -0.25) is 4.79 Å². The van der Waals surface area contributed by atoms with Gasteiger partial charge < -0.3 is 9.39 Å². The van der Waals surface area contributed by atoms with Gasteiger partial charge >= 0.3 is 52.6 Å². The van der Waals surface area contributed by atoms with E-state index in [0.717, 1.165) is 6.92 Å². The monoisotopic (exact) mass is 110 g/mol. The summed E-state index contributed by atoms with van der Waals surface area (Å²) in [5.74, 6) is -0.833. The SMILES string of the molecule is CC(=O)O.[H-].[H-].[H-].[Mg+2].[Na+]. The van der Waals surface area contributed by atoms with Crippen molar-refractivity contribution in [2.75, 3.05) is 0 Å². The third-order valence-corrected chi connectivity index (χ3v) is 0. The van der Waals surface area contributed by atoms with E-state index in [-0.39, 0.29) is 56.9 Å². The third-order valence-electron chi connectivity index (χ3n) is 0. The van der Waals surface area contributed by atoms with Gasteiger partial charge in [0.05, 0.1) is 0 Å². The van der Waals surface area contributed by atoms with Crippen molar-refractivity contribution in [3.05, 3.63) is 0 Å². The van der Waals surface area contributed by atoms with Crippen LogP contribution in [-0.4, -0.2) is 34.1 Å². The Morgan fingerprint density at radius 1 is 1.83 bits per heavy atom. The Hall–Kier alpha value is 1.24. The van der Waals surface area contributed by atoms with Crippen LogP contribution < -0.4 is 29.6 Å². The molecule has 0 saturated carbocycles. The Balaban J connectivity index is -0.00000000450. The summed E-state index contributed by atoms with van der Waals surface area (Å²) in [7, 11) is 0. The molecule has 0 fully saturated rings. The summed E-state index contributed by atoms with van der Waals surface area (Å²) in [6, 6.07) is 0. The smallest absolute Gasteiger partial charge is 1.00 e. The maximum absolute atomic E-state index is 9.00. The average Bonchev–Trinajstić information content (AvgIpc) is 0.811. The third kappa shape index (κ3) is 61.5. The molecule has 0 saturated heterocycles. The predicted octanol–water partition coefficient (Wildman–Crippen LogP) is -2.95. The summed E-state index contributed by atoms with van der Waals surface area (Å²) < 4.78 is 0. The molecule has 0 unspecified atom stereocenters. The molecule has 0 aliphatic heterocycles. The summed E-state index contributed by atoms with van der Waals surface area (Å²) >= 11 is 0. The van der Waals surface area contributed by atoms with Crippen LogP contribution in [0.15, 0.2) is 0 Å². The molecule has 0 aromatic heterocycles.